The number of rotatable bonds is 6. The van der Waals surface area contributed by atoms with Gasteiger partial charge >= 0.3 is 0 Å². The van der Waals surface area contributed by atoms with Crippen molar-refractivity contribution in [1.29, 1.82) is 0 Å². The van der Waals surface area contributed by atoms with E-state index in [9.17, 15) is 0 Å². The number of hydrogen-bond donors (Lipinski definition) is 1. The molecule has 0 saturated carbocycles. The number of hydrogen-bond acceptors (Lipinski definition) is 2. The first-order valence-corrected chi connectivity index (χ1v) is 7.76. The first-order chi connectivity index (χ1) is 8.31. The maximum absolute atomic E-state index is 3.67. The third-order valence-electron chi connectivity index (χ3n) is 4.44. The molecule has 2 unspecified atom stereocenters. The van der Waals surface area contributed by atoms with E-state index in [0.717, 1.165) is 13.1 Å². The van der Waals surface area contributed by atoms with Gasteiger partial charge in [-0.1, -0.05) is 34.6 Å². The van der Waals surface area contributed by atoms with E-state index in [1.165, 1.54) is 6.42 Å². The van der Waals surface area contributed by atoms with E-state index < -0.39 is 0 Å². The largest absolute Gasteiger partial charge is 0.311 e. The van der Waals surface area contributed by atoms with Crippen LogP contribution in [0.15, 0.2) is 0 Å². The lowest BCUT2D eigenvalue weighted by Gasteiger charge is -2.42. The van der Waals surface area contributed by atoms with Crippen molar-refractivity contribution in [2.24, 2.45) is 10.8 Å². The Balaban J connectivity index is 4.61. The molecule has 0 fully saturated rings. The second kappa shape index (κ2) is 6.58. The van der Waals surface area contributed by atoms with E-state index in [0.29, 0.717) is 16.9 Å². The van der Waals surface area contributed by atoms with E-state index in [1.54, 1.807) is 0 Å². The fourth-order valence-electron chi connectivity index (χ4n) is 2.17. The molecular weight excluding hydrogens is 232 g/mol. The molecule has 2 heteroatoms. The van der Waals surface area contributed by atoms with Gasteiger partial charge in [-0.2, -0.15) is 0 Å². The Labute approximate surface area is 122 Å². The molecule has 0 saturated heterocycles. The molecule has 0 aliphatic rings. The predicted molar refractivity (Wildman–Crippen MR) is 87.7 cm³/mol. The molecule has 0 amide bonds. The number of nitrogens with zero attached hydrogens (tertiary/aromatic N) is 1. The van der Waals surface area contributed by atoms with Crippen LogP contribution in [0.1, 0.15) is 68.7 Å². The van der Waals surface area contributed by atoms with Crippen LogP contribution in [0.25, 0.3) is 0 Å². The molecule has 0 bridgehead atoms. The van der Waals surface area contributed by atoms with Crippen molar-refractivity contribution in [3.8, 4) is 0 Å². The van der Waals surface area contributed by atoms with Crippen LogP contribution < -0.4 is 5.32 Å². The Morgan fingerprint density at radius 3 is 1.79 bits per heavy atom. The van der Waals surface area contributed by atoms with Gasteiger partial charge in [-0.05, 0) is 52.0 Å². The Morgan fingerprint density at radius 2 is 1.47 bits per heavy atom. The van der Waals surface area contributed by atoms with Gasteiger partial charge in [0.05, 0.1) is 0 Å². The zero-order valence-electron chi connectivity index (χ0n) is 15.1. The summed E-state index contributed by atoms with van der Waals surface area (Å²) in [5, 5.41) is 3.67. The monoisotopic (exact) mass is 270 g/mol. The van der Waals surface area contributed by atoms with Crippen molar-refractivity contribution in [1.82, 2.24) is 10.2 Å². The van der Waals surface area contributed by atoms with Gasteiger partial charge in [0.1, 0.15) is 0 Å². The lowest BCUT2D eigenvalue weighted by Crippen LogP contribution is -2.50. The topological polar surface area (TPSA) is 15.3 Å². The van der Waals surface area contributed by atoms with Crippen LogP contribution in [-0.2, 0) is 0 Å². The minimum Gasteiger partial charge on any atom is -0.311 e. The van der Waals surface area contributed by atoms with Crippen LogP contribution in [-0.4, -0.2) is 36.6 Å². The van der Waals surface area contributed by atoms with Crippen molar-refractivity contribution >= 4 is 0 Å². The van der Waals surface area contributed by atoms with Gasteiger partial charge in [0.15, 0.2) is 0 Å². The van der Waals surface area contributed by atoms with E-state index in [2.05, 4.69) is 79.6 Å². The molecule has 0 spiro atoms. The second-order valence-electron chi connectivity index (χ2n) is 8.72. The molecule has 0 aliphatic carbocycles. The summed E-state index contributed by atoms with van der Waals surface area (Å²) in [7, 11) is 2.26. The summed E-state index contributed by atoms with van der Waals surface area (Å²) in [5.41, 5.74) is 0.868. The quantitative estimate of drug-likeness (QED) is 0.780. The molecule has 0 rings (SSSR count). The van der Waals surface area contributed by atoms with Crippen molar-refractivity contribution in [3.05, 3.63) is 0 Å². The molecule has 2 atom stereocenters. The van der Waals surface area contributed by atoms with Crippen LogP contribution in [0.2, 0.25) is 0 Å². The maximum Gasteiger partial charge on any atom is 0.0113 e. The van der Waals surface area contributed by atoms with E-state index in [1.807, 2.05) is 0 Å². The summed E-state index contributed by atoms with van der Waals surface area (Å²) < 4.78 is 0. The molecule has 0 aromatic heterocycles. The van der Waals surface area contributed by atoms with Crippen LogP contribution in [0, 0.1) is 10.8 Å². The highest BCUT2D eigenvalue weighted by atomic mass is 15.1. The summed E-state index contributed by atoms with van der Waals surface area (Å²) in [6.07, 6.45) is 1.21. The Kier molecular flexibility index (Phi) is 6.55. The normalized spacial score (nSPS) is 18.5. The SMILES string of the molecule is CCC(C)(CNC(C)(C)C)CN(C)C(C)C(C)(C)C. The first kappa shape index (κ1) is 18.9. The van der Waals surface area contributed by atoms with Crippen molar-refractivity contribution < 1.29 is 0 Å². The molecule has 0 aliphatic heterocycles. The smallest absolute Gasteiger partial charge is 0.0113 e. The molecule has 0 heterocycles. The summed E-state index contributed by atoms with van der Waals surface area (Å²) in [4.78, 5) is 2.52. The van der Waals surface area contributed by atoms with Crippen molar-refractivity contribution in [2.75, 3.05) is 20.1 Å². The molecular formula is C17H38N2. The lowest BCUT2D eigenvalue weighted by molar-refractivity contribution is 0.0850. The molecule has 1 N–H and O–H groups in total. The Bertz CT molecular complexity index is 259. The molecule has 2 nitrogen and oxygen atoms in total. The highest BCUT2D eigenvalue weighted by Crippen LogP contribution is 2.28. The third kappa shape index (κ3) is 7.31. The minimum absolute atomic E-state index is 0.199. The first-order valence-electron chi connectivity index (χ1n) is 7.76. The van der Waals surface area contributed by atoms with Crippen LogP contribution in [0.5, 0.6) is 0 Å². The summed E-state index contributed by atoms with van der Waals surface area (Å²) in [5.74, 6) is 0. The van der Waals surface area contributed by atoms with Crippen LogP contribution in [0.4, 0.5) is 0 Å². The van der Waals surface area contributed by atoms with E-state index in [4.69, 9.17) is 0 Å². The zero-order valence-corrected chi connectivity index (χ0v) is 15.1. The van der Waals surface area contributed by atoms with E-state index >= 15 is 0 Å². The van der Waals surface area contributed by atoms with Gasteiger partial charge in [-0.15, -0.1) is 0 Å². The van der Waals surface area contributed by atoms with Gasteiger partial charge in [0.25, 0.3) is 0 Å². The van der Waals surface area contributed by atoms with Crippen LogP contribution in [0.3, 0.4) is 0 Å². The number of nitrogens with one attached hydrogen (secondary N) is 1. The van der Waals surface area contributed by atoms with Gasteiger partial charge in [0.2, 0.25) is 0 Å². The van der Waals surface area contributed by atoms with Crippen molar-refractivity contribution in [2.45, 2.75) is 80.3 Å². The average molecular weight is 271 g/mol. The zero-order chi connectivity index (χ0) is 15.5. The van der Waals surface area contributed by atoms with Gasteiger partial charge in [0, 0.05) is 24.7 Å². The van der Waals surface area contributed by atoms with Crippen molar-refractivity contribution in [3.63, 3.8) is 0 Å². The summed E-state index contributed by atoms with van der Waals surface area (Å²) >= 11 is 0. The molecule has 116 valence electrons. The second-order valence-corrected chi connectivity index (χ2v) is 8.72. The van der Waals surface area contributed by atoms with Gasteiger partial charge < -0.3 is 10.2 Å². The van der Waals surface area contributed by atoms with Gasteiger partial charge in [-0.25, -0.2) is 0 Å². The van der Waals surface area contributed by atoms with E-state index in [-0.39, 0.29) is 5.54 Å². The fourth-order valence-corrected chi connectivity index (χ4v) is 2.17. The predicted octanol–water partition coefficient (Wildman–Crippen LogP) is 4.16. The highest BCUT2D eigenvalue weighted by Gasteiger charge is 2.30. The van der Waals surface area contributed by atoms with Gasteiger partial charge in [-0.3, -0.25) is 0 Å². The minimum atomic E-state index is 0.199. The summed E-state index contributed by atoms with van der Waals surface area (Å²) in [6, 6.07) is 0.591. The molecule has 0 radical (unpaired) electrons. The average Bonchev–Trinajstić information content (AvgIpc) is 2.23. The fraction of sp³-hybridized carbons (Fsp3) is 1.00. The molecule has 0 aromatic carbocycles. The molecule has 19 heavy (non-hydrogen) atoms. The summed E-state index contributed by atoms with van der Waals surface area (Å²) in [6.45, 7) is 23.0. The Morgan fingerprint density at radius 1 is 1.00 bits per heavy atom. The van der Waals surface area contributed by atoms with Crippen LogP contribution >= 0.6 is 0 Å². The third-order valence-corrected chi connectivity index (χ3v) is 4.44. The Hall–Kier alpha value is -0.0800. The highest BCUT2D eigenvalue weighted by molar-refractivity contribution is 4.86. The molecule has 0 aromatic rings. The standard InChI is InChI=1S/C17H38N2/c1-11-17(9,12-18-16(6,7)8)13-19(10)14(2)15(3,4)5/h14,18H,11-13H2,1-10H3. The lowest BCUT2D eigenvalue weighted by atomic mass is 9.82. The maximum atomic E-state index is 3.67.